The molecule has 2 aromatic carbocycles. The SMILES string of the molecule is CC1(N)CCN(c2cnc(Sc3cccc(NC(=O)c4csc(N5CCC(N6CC=C(c7ccc(C(=O)NCc8ccc9c(c8)CN(C8CCC(=O)NC8=O)C9=O)nc7)CC6)CC5)n4)c3)cn2)CC1. The van der Waals surface area contributed by atoms with Gasteiger partial charge in [-0.05, 0) is 98.0 Å². The molecule has 5 amide bonds. The van der Waals surface area contributed by atoms with Crippen LogP contribution < -0.4 is 31.5 Å². The van der Waals surface area contributed by atoms with E-state index in [0.717, 1.165) is 109 Å². The van der Waals surface area contributed by atoms with E-state index in [1.54, 1.807) is 30.6 Å². The number of piperidine rings is 3. The molecule has 0 saturated carbocycles. The lowest BCUT2D eigenvalue weighted by Crippen LogP contribution is -2.52. The molecule has 3 saturated heterocycles. The number of anilines is 3. The fraction of sp³-hybridized carbons (Fsp3) is 0.380. The number of rotatable bonds is 12. The number of hydrogen-bond acceptors (Lipinski definition) is 15. The second kappa shape index (κ2) is 19.8. The highest BCUT2D eigenvalue weighted by Gasteiger charge is 2.39. The monoisotopic (exact) mass is 966 g/mol. The Balaban J connectivity index is 0.656. The van der Waals surface area contributed by atoms with Crippen LogP contribution in [-0.4, -0.2) is 116 Å². The number of nitrogens with two attached hydrogens (primary N) is 1. The largest absolute Gasteiger partial charge is 0.355 e. The second-order valence-corrected chi connectivity index (χ2v) is 20.6. The first-order valence-electron chi connectivity index (χ1n) is 23.5. The molecule has 17 nitrogen and oxygen atoms in total. The van der Waals surface area contributed by atoms with Crippen molar-refractivity contribution in [3.8, 4) is 0 Å². The van der Waals surface area contributed by atoms with Gasteiger partial charge in [-0.1, -0.05) is 42.1 Å². The van der Waals surface area contributed by atoms with Crippen LogP contribution in [0.15, 0.2) is 94.6 Å². The summed E-state index contributed by atoms with van der Waals surface area (Å²) in [6, 6.07) is 16.6. The Bertz CT molecular complexity index is 2800. The van der Waals surface area contributed by atoms with Gasteiger partial charge in [0.2, 0.25) is 11.8 Å². The topological polar surface area (TPSA) is 212 Å². The highest BCUT2D eigenvalue weighted by molar-refractivity contribution is 7.99. The lowest BCUT2D eigenvalue weighted by atomic mass is 9.91. The molecule has 8 heterocycles. The second-order valence-electron chi connectivity index (χ2n) is 18.7. The van der Waals surface area contributed by atoms with Gasteiger partial charge >= 0.3 is 0 Å². The molecule has 0 aliphatic carbocycles. The van der Waals surface area contributed by atoms with Crippen molar-refractivity contribution in [3.05, 3.63) is 118 Å². The zero-order valence-electron chi connectivity index (χ0n) is 38.4. The van der Waals surface area contributed by atoms with Gasteiger partial charge in [-0.25, -0.2) is 15.0 Å². The molecule has 0 radical (unpaired) electrons. The smallest absolute Gasteiger partial charge is 0.275 e. The number of thiazole rings is 1. The summed E-state index contributed by atoms with van der Waals surface area (Å²) in [5.41, 5.74) is 11.9. The molecule has 10 rings (SSSR count). The number of amides is 5. The van der Waals surface area contributed by atoms with Gasteiger partial charge < -0.3 is 31.1 Å². The van der Waals surface area contributed by atoms with Crippen LogP contribution in [0.1, 0.15) is 99.9 Å². The lowest BCUT2D eigenvalue weighted by molar-refractivity contribution is -0.136. The molecule has 3 aromatic heterocycles. The summed E-state index contributed by atoms with van der Waals surface area (Å²) < 4.78 is 0. The average Bonchev–Trinajstić information content (AvgIpc) is 3.99. The fourth-order valence-corrected chi connectivity index (χ4v) is 11.3. The Morgan fingerprint density at radius 2 is 1.72 bits per heavy atom. The molecule has 5 aliphatic rings. The number of pyridine rings is 1. The van der Waals surface area contributed by atoms with E-state index in [0.29, 0.717) is 35.1 Å². The normalized spacial score (nSPS) is 19.8. The van der Waals surface area contributed by atoms with Crippen molar-refractivity contribution in [2.24, 2.45) is 5.73 Å². The Kier molecular flexibility index (Phi) is 13.3. The standard InChI is InChI=1S/C50H54N12O5S2/c1-50(51)15-21-60(22-16-50)42-27-54-44(28-53-42)69-37-4-2-3-35(24-37)56-46(65)40-30-68-49(57-40)61-19-13-36(14-20-61)59-17-11-32(12-18-59)33-6-8-39(52-26-33)45(64)55-25-31-5-7-38-34(23-31)29-62(48(38)67)41-9-10-43(63)58-47(41)66/h2-8,11,23-24,26-28,30,36,41H,9-10,12-22,25,29,51H2,1H3,(H,55,64)(H,56,65)(H,58,63,66). The molecule has 1 atom stereocenters. The third-order valence-corrected chi connectivity index (χ3v) is 15.6. The summed E-state index contributed by atoms with van der Waals surface area (Å²) in [6.45, 7) is 7.87. The predicted molar refractivity (Wildman–Crippen MR) is 264 cm³/mol. The zero-order valence-corrected chi connectivity index (χ0v) is 40.0. The molecule has 3 fully saturated rings. The van der Waals surface area contributed by atoms with Crippen molar-refractivity contribution in [3.63, 3.8) is 0 Å². The molecule has 0 spiro atoms. The zero-order chi connectivity index (χ0) is 47.6. The van der Waals surface area contributed by atoms with E-state index in [1.165, 1.54) is 33.6 Å². The van der Waals surface area contributed by atoms with E-state index in [9.17, 15) is 24.0 Å². The Hall–Kier alpha value is -6.54. The molecule has 69 heavy (non-hydrogen) atoms. The molecule has 19 heteroatoms. The minimum atomic E-state index is -0.675. The van der Waals surface area contributed by atoms with Crippen LogP contribution in [0.3, 0.4) is 0 Å². The van der Waals surface area contributed by atoms with E-state index in [2.05, 4.69) is 58.6 Å². The number of benzene rings is 2. The van der Waals surface area contributed by atoms with Crippen LogP contribution in [0.25, 0.3) is 5.57 Å². The first kappa shape index (κ1) is 46.2. The Morgan fingerprint density at radius 3 is 2.46 bits per heavy atom. The summed E-state index contributed by atoms with van der Waals surface area (Å²) in [6.07, 6.45) is 12.9. The number of aromatic nitrogens is 4. The van der Waals surface area contributed by atoms with Crippen LogP contribution in [0.4, 0.5) is 16.6 Å². The van der Waals surface area contributed by atoms with Gasteiger partial charge in [-0.2, -0.15) is 0 Å². The van der Waals surface area contributed by atoms with Crippen LogP contribution in [-0.2, 0) is 22.7 Å². The number of nitrogens with zero attached hydrogens (tertiary/aromatic N) is 8. The quantitative estimate of drug-likeness (QED) is 0.114. The molecule has 5 aromatic rings. The van der Waals surface area contributed by atoms with Crippen LogP contribution in [0, 0.1) is 0 Å². The summed E-state index contributed by atoms with van der Waals surface area (Å²) in [4.78, 5) is 91.5. The number of carbonyl (C=O) groups excluding carboxylic acids is 5. The molecule has 356 valence electrons. The number of fused-ring (bicyclic) bond motifs is 1. The highest BCUT2D eigenvalue weighted by Crippen LogP contribution is 2.33. The average molecular weight is 967 g/mol. The minimum Gasteiger partial charge on any atom is -0.355 e. The predicted octanol–water partition coefficient (Wildman–Crippen LogP) is 5.50. The maximum atomic E-state index is 13.3. The van der Waals surface area contributed by atoms with Gasteiger partial charge in [-0.3, -0.25) is 39.2 Å². The van der Waals surface area contributed by atoms with Crippen molar-refractivity contribution in [2.45, 2.75) is 92.5 Å². The van der Waals surface area contributed by atoms with E-state index in [-0.39, 0.29) is 48.7 Å². The molecule has 1 unspecified atom stereocenters. The van der Waals surface area contributed by atoms with Crippen molar-refractivity contribution in [1.29, 1.82) is 0 Å². The maximum Gasteiger partial charge on any atom is 0.275 e. The van der Waals surface area contributed by atoms with E-state index in [1.807, 2.05) is 48.0 Å². The molecular formula is C50H54N12O5S2. The summed E-state index contributed by atoms with van der Waals surface area (Å²) >= 11 is 3.00. The summed E-state index contributed by atoms with van der Waals surface area (Å²) in [5, 5.41) is 11.8. The summed E-state index contributed by atoms with van der Waals surface area (Å²) in [7, 11) is 0. The Morgan fingerprint density at radius 1 is 0.884 bits per heavy atom. The number of carbonyl (C=O) groups is 5. The first-order chi connectivity index (χ1) is 33.4. The fourth-order valence-electron chi connectivity index (χ4n) is 9.67. The summed E-state index contributed by atoms with van der Waals surface area (Å²) in [5.74, 6) is -0.675. The molecule has 0 bridgehead atoms. The third kappa shape index (κ3) is 10.6. The van der Waals surface area contributed by atoms with Gasteiger partial charge in [-0.15, -0.1) is 11.3 Å². The Labute approximate surface area is 408 Å². The first-order valence-corrected chi connectivity index (χ1v) is 25.2. The molecule has 5 aliphatic heterocycles. The molecular weight excluding hydrogens is 913 g/mol. The van der Waals surface area contributed by atoms with Crippen LogP contribution in [0.2, 0.25) is 0 Å². The van der Waals surface area contributed by atoms with E-state index < -0.39 is 11.9 Å². The number of nitrogens with one attached hydrogen (secondary N) is 3. The van der Waals surface area contributed by atoms with Crippen molar-refractivity contribution >= 4 is 74.8 Å². The van der Waals surface area contributed by atoms with E-state index >= 15 is 0 Å². The maximum absolute atomic E-state index is 13.3. The van der Waals surface area contributed by atoms with Gasteiger partial charge in [0.1, 0.15) is 28.3 Å². The minimum absolute atomic E-state index is 0.123. The van der Waals surface area contributed by atoms with Crippen molar-refractivity contribution in [1.82, 2.24) is 40.4 Å². The van der Waals surface area contributed by atoms with Gasteiger partial charge in [0.05, 0.1) is 12.4 Å². The van der Waals surface area contributed by atoms with Gasteiger partial charge in [0.25, 0.3) is 17.7 Å². The number of imide groups is 1. The van der Waals surface area contributed by atoms with Crippen molar-refractivity contribution in [2.75, 3.05) is 54.4 Å². The van der Waals surface area contributed by atoms with Gasteiger partial charge in [0.15, 0.2) is 5.13 Å². The van der Waals surface area contributed by atoms with Gasteiger partial charge in [0, 0.05) is 98.1 Å². The molecule has 5 N–H and O–H groups in total. The van der Waals surface area contributed by atoms with E-state index in [4.69, 9.17) is 10.7 Å². The van der Waals surface area contributed by atoms with Crippen LogP contribution in [0.5, 0.6) is 0 Å². The third-order valence-electron chi connectivity index (χ3n) is 13.8. The lowest BCUT2D eigenvalue weighted by Gasteiger charge is -2.39. The number of hydrogen-bond donors (Lipinski definition) is 4. The van der Waals surface area contributed by atoms with Crippen molar-refractivity contribution < 1.29 is 24.0 Å². The highest BCUT2D eigenvalue weighted by atomic mass is 32.2. The van der Waals surface area contributed by atoms with Crippen LogP contribution >= 0.6 is 23.1 Å².